The number of aliphatic hydroxyl groups excluding tert-OH is 4. The quantitative estimate of drug-likeness (QED) is 0.392. The largest absolute Gasteiger partial charge is 0.394 e. The minimum atomic E-state index is -0.956. The van der Waals surface area contributed by atoms with E-state index in [9.17, 15) is 0 Å². The van der Waals surface area contributed by atoms with Crippen molar-refractivity contribution in [3.63, 3.8) is 0 Å². The van der Waals surface area contributed by atoms with E-state index in [2.05, 4.69) is 0 Å². The van der Waals surface area contributed by atoms with Gasteiger partial charge in [-0.25, -0.2) is 0 Å². The molecule has 0 aliphatic rings. The zero-order valence-corrected chi connectivity index (χ0v) is 5.94. The lowest BCUT2D eigenvalue weighted by molar-refractivity contribution is -0.0157. The molecule has 0 aliphatic heterocycles. The second kappa shape index (κ2) is 4.62. The van der Waals surface area contributed by atoms with Crippen LogP contribution < -0.4 is 0 Å². The topological polar surface area (TPSA) is 80.9 Å². The number of aliphatic hydroxyl groups is 4. The average Bonchev–Trinajstić information content (AvgIpc) is 1.87. The van der Waals surface area contributed by atoms with Crippen molar-refractivity contribution in [3.8, 4) is 0 Å². The average molecular weight is 150 g/mol. The Morgan fingerprint density at radius 2 is 1.70 bits per heavy atom. The smallest absolute Gasteiger partial charge is 0.0821 e. The van der Waals surface area contributed by atoms with Crippen LogP contribution in [0.25, 0.3) is 0 Å². The highest BCUT2D eigenvalue weighted by molar-refractivity contribution is 4.66. The van der Waals surface area contributed by atoms with Crippen LogP contribution in [0.15, 0.2) is 0 Å². The van der Waals surface area contributed by atoms with Gasteiger partial charge in [-0.15, -0.1) is 0 Å². The van der Waals surface area contributed by atoms with Crippen LogP contribution in [0.5, 0.6) is 0 Å². The number of rotatable bonds is 4. The second-order valence-corrected chi connectivity index (χ2v) is 2.38. The fourth-order valence-corrected chi connectivity index (χ4v) is 0.550. The lowest BCUT2D eigenvalue weighted by Crippen LogP contribution is -2.29. The van der Waals surface area contributed by atoms with Crippen LogP contribution in [0, 0.1) is 0 Å². The van der Waals surface area contributed by atoms with Crippen molar-refractivity contribution in [3.05, 3.63) is 0 Å². The summed E-state index contributed by atoms with van der Waals surface area (Å²) in [5.41, 5.74) is 0. The first-order chi connectivity index (χ1) is 4.57. The Labute approximate surface area is 59.7 Å². The summed E-state index contributed by atoms with van der Waals surface area (Å²) in [6, 6.07) is 0. The molecule has 4 heteroatoms. The van der Waals surface area contributed by atoms with Gasteiger partial charge in [0, 0.05) is 6.42 Å². The molecule has 3 atom stereocenters. The third kappa shape index (κ3) is 3.79. The monoisotopic (exact) mass is 150 g/mol. The maximum absolute atomic E-state index is 8.91. The molecule has 0 aromatic heterocycles. The molecule has 0 aliphatic carbocycles. The molecule has 0 amide bonds. The van der Waals surface area contributed by atoms with Crippen molar-refractivity contribution in [1.82, 2.24) is 0 Å². The van der Waals surface area contributed by atoms with Gasteiger partial charge in [0.15, 0.2) is 0 Å². The Hall–Kier alpha value is -0.160. The molecule has 0 heterocycles. The van der Waals surface area contributed by atoms with Gasteiger partial charge < -0.3 is 20.4 Å². The minimum absolute atomic E-state index is 0.00810. The summed E-state index contributed by atoms with van der Waals surface area (Å²) in [7, 11) is 0. The van der Waals surface area contributed by atoms with Crippen molar-refractivity contribution in [2.45, 2.75) is 31.7 Å². The summed E-state index contributed by atoms with van der Waals surface area (Å²) < 4.78 is 0. The summed E-state index contributed by atoms with van der Waals surface area (Å²) in [5, 5.41) is 34.7. The zero-order chi connectivity index (χ0) is 8.15. The molecule has 0 aromatic carbocycles. The molecule has 0 saturated carbocycles. The fourth-order valence-electron chi connectivity index (χ4n) is 0.550. The van der Waals surface area contributed by atoms with Gasteiger partial charge in [-0.3, -0.25) is 0 Å². The van der Waals surface area contributed by atoms with E-state index in [1.165, 1.54) is 6.92 Å². The predicted octanol–water partition coefficient (Wildman–Crippen LogP) is -1.53. The van der Waals surface area contributed by atoms with E-state index in [0.29, 0.717) is 0 Å². The summed E-state index contributed by atoms with van der Waals surface area (Å²) in [4.78, 5) is 0. The van der Waals surface area contributed by atoms with Gasteiger partial charge >= 0.3 is 0 Å². The van der Waals surface area contributed by atoms with E-state index in [-0.39, 0.29) is 13.0 Å². The lowest BCUT2D eigenvalue weighted by atomic mass is 10.1. The molecule has 0 spiro atoms. The Morgan fingerprint density at radius 1 is 1.20 bits per heavy atom. The van der Waals surface area contributed by atoms with Crippen LogP contribution in [0.4, 0.5) is 0 Å². The second-order valence-electron chi connectivity index (χ2n) is 2.38. The van der Waals surface area contributed by atoms with E-state index in [1.54, 1.807) is 0 Å². The molecule has 62 valence electrons. The normalized spacial score (nSPS) is 20.1. The Kier molecular flexibility index (Phi) is 4.55. The van der Waals surface area contributed by atoms with Crippen molar-refractivity contribution >= 4 is 0 Å². The lowest BCUT2D eigenvalue weighted by Gasteiger charge is -2.15. The van der Waals surface area contributed by atoms with Crippen molar-refractivity contribution in [2.24, 2.45) is 0 Å². The van der Waals surface area contributed by atoms with Gasteiger partial charge in [0.25, 0.3) is 0 Å². The molecule has 0 radical (unpaired) electrons. The van der Waals surface area contributed by atoms with E-state index < -0.39 is 18.3 Å². The minimum Gasteiger partial charge on any atom is -0.394 e. The van der Waals surface area contributed by atoms with Gasteiger partial charge in [0.1, 0.15) is 0 Å². The molecule has 0 rings (SSSR count). The van der Waals surface area contributed by atoms with Crippen LogP contribution >= 0.6 is 0 Å². The molecule has 4 N–H and O–H groups in total. The molecule has 0 unspecified atom stereocenters. The molecule has 10 heavy (non-hydrogen) atoms. The highest BCUT2D eigenvalue weighted by Crippen LogP contribution is 2.01. The maximum atomic E-state index is 8.91. The van der Waals surface area contributed by atoms with Gasteiger partial charge in [-0.1, -0.05) is 0 Å². The molecular weight excluding hydrogens is 136 g/mol. The Bertz CT molecular complexity index is 83.8. The summed E-state index contributed by atoms with van der Waals surface area (Å²) >= 11 is 0. The fraction of sp³-hybridized carbons (Fsp3) is 1.00. The summed E-state index contributed by atoms with van der Waals surface area (Å²) in [6.45, 7) is 1.04. The zero-order valence-electron chi connectivity index (χ0n) is 5.94. The Morgan fingerprint density at radius 3 is 2.00 bits per heavy atom. The van der Waals surface area contributed by atoms with Crippen LogP contribution in [0.2, 0.25) is 0 Å². The molecule has 0 saturated heterocycles. The number of hydrogen-bond acceptors (Lipinski definition) is 4. The van der Waals surface area contributed by atoms with Crippen LogP contribution in [-0.2, 0) is 0 Å². The molecule has 0 aromatic rings. The summed E-state index contributed by atoms with van der Waals surface area (Å²) in [5.74, 6) is 0. The van der Waals surface area contributed by atoms with Crippen molar-refractivity contribution in [2.75, 3.05) is 6.61 Å². The van der Waals surface area contributed by atoms with E-state index in [1.807, 2.05) is 0 Å². The maximum Gasteiger partial charge on any atom is 0.0821 e. The third-order valence-corrected chi connectivity index (χ3v) is 1.28. The Balaban J connectivity index is 3.46. The predicted molar refractivity (Wildman–Crippen MR) is 35.4 cm³/mol. The van der Waals surface area contributed by atoms with E-state index >= 15 is 0 Å². The number of hydrogen-bond donors (Lipinski definition) is 4. The van der Waals surface area contributed by atoms with Crippen molar-refractivity contribution < 1.29 is 20.4 Å². The van der Waals surface area contributed by atoms with Gasteiger partial charge in [-0.2, -0.15) is 0 Å². The summed E-state index contributed by atoms with van der Waals surface area (Å²) in [6.07, 6.45) is -2.75. The first-order valence-electron chi connectivity index (χ1n) is 3.23. The first-order valence-corrected chi connectivity index (χ1v) is 3.23. The van der Waals surface area contributed by atoms with Crippen molar-refractivity contribution in [1.29, 1.82) is 0 Å². The van der Waals surface area contributed by atoms with Gasteiger partial charge in [-0.05, 0) is 6.92 Å². The highest BCUT2D eigenvalue weighted by atomic mass is 16.3. The molecular formula is C6H14O4. The van der Waals surface area contributed by atoms with E-state index in [4.69, 9.17) is 20.4 Å². The third-order valence-electron chi connectivity index (χ3n) is 1.28. The standard InChI is InChI=1S/C6H14O4/c1-4(8)6(10)2-5(9)3-7/h4-10H,2-3H2,1H3/t4-,5+,6-/m0/s1. The van der Waals surface area contributed by atoms with Gasteiger partial charge in [0.2, 0.25) is 0 Å². The van der Waals surface area contributed by atoms with Crippen LogP contribution in [0.3, 0.4) is 0 Å². The SMILES string of the molecule is C[C@H](O)[C@@H](O)C[C@@H](O)CO. The molecule has 0 fully saturated rings. The van der Waals surface area contributed by atoms with Crippen LogP contribution in [-0.4, -0.2) is 45.3 Å². The van der Waals surface area contributed by atoms with Gasteiger partial charge in [0.05, 0.1) is 24.9 Å². The van der Waals surface area contributed by atoms with Crippen LogP contribution in [0.1, 0.15) is 13.3 Å². The molecule has 0 bridgehead atoms. The molecule has 4 nitrogen and oxygen atoms in total. The highest BCUT2D eigenvalue weighted by Gasteiger charge is 2.14. The van der Waals surface area contributed by atoms with E-state index in [0.717, 1.165) is 0 Å². The first kappa shape index (κ1) is 9.84.